The van der Waals surface area contributed by atoms with Gasteiger partial charge in [-0.2, -0.15) is 0 Å². The van der Waals surface area contributed by atoms with E-state index in [1.165, 1.54) is 18.4 Å². The Balaban J connectivity index is 1.69. The van der Waals surface area contributed by atoms with Crippen molar-refractivity contribution < 1.29 is 4.79 Å². The van der Waals surface area contributed by atoms with E-state index in [0.717, 1.165) is 19.4 Å². The van der Waals surface area contributed by atoms with Crippen LogP contribution in [0, 0.1) is 11.8 Å². The van der Waals surface area contributed by atoms with Crippen LogP contribution in [0.2, 0.25) is 0 Å². The number of amides is 1. The van der Waals surface area contributed by atoms with Crippen molar-refractivity contribution in [2.24, 2.45) is 17.6 Å². The topological polar surface area (TPSA) is 55.1 Å². The minimum absolute atomic E-state index is 0.0150. The Labute approximate surface area is 114 Å². The average Bonchev–Trinajstić information content (AvgIpc) is 3.26. The molecule has 1 saturated heterocycles. The molecule has 3 nitrogen and oxygen atoms in total. The Bertz CT molecular complexity index is 441. The Hall–Kier alpha value is -1.35. The quantitative estimate of drug-likeness (QED) is 0.871. The van der Waals surface area contributed by atoms with Gasteiger partial charge in [0.25, 0.3) is 0 Å². The lowest BCUT2D eigenvalue weighted by atomic mass is 9.87. The largest absolute Gasteiger partial charge is 0.355 e. The van der Waals surface area contributed by atoms with Gasteiger partial charge in [0.05, 0.1) is 5.92 Å². The molecule has 1 unspecified atom stereocenters. The Morgan fingerprint density at radius 3 is 2.53 bits per heavy atom. The van der Waals surface area contributed by atoms with E-state index in [1.54, 1.807) is 0 Å². The third kappa shape index (κ3) is 2.81. The number of benzene rings is 1. The molecule has 0 aromatic heterocycles. The van der Waals surface area contributed by atoms with Crippen molar-refractivity contribution in [3.05, 3.63) is 35.9 Å². The number of carbonyl (C=O) groups is 1. The zero-order chi connectivity index (χ0) is 13.2. The van der Waals surface area contributed by atoms with E-state index >= 15 is 0 Å². The maximum Gasteiger partial charge on any atom is 0.224 e. The number of rotatable bonds is 3. The SMILES string of the molecule is NC(C1CC1)[C@H]1CC[C@@H](c2ccccc2)CNC1=O. The molecule has 3 N–H and O–H groups in total. The molecule has 1 aliphatic heterocycles. The first kappa shape index (κ1) is 12.7. The van der Waals surface area contributed by atoms with Gasteiger partial charge in [0.15, 0.2) is 0 Å². The second-order valence-corrected chi connectivity index (χ2v) is 5.95. The lowest BCUT2D eigenvalue weighted by Crippen LogP contribution is -2.42. The monoisotopic (exact) mass is 258 g/mol. The number of nitrogens with two attached hydrogens (primary N) is 1. The normalized spacial score (nSPS) is 29.4. The van der Waals surface area contributed by atoms with Gasteiger partial charge in [-0.15, -0.1) is 0 Å². The van der Waals surface area contributed by atoms with Crippen LogP contribution in [0.15, 0.2) is 30.3 Å². The Kier molecular flexibility index (Phi) is 3.56. The summed E-state index contributed by atoms with van der Waals surface area (Å²) in [4.78, 5) is 12.2. The predicted octanol–water partition coefficient (Wildman–Crippen LogP) is 2.03. The molecule has 3 heteroatoms. The van der Waals surface area contributed by atoms with Crippen LogP contribution < -0.4 is 11.1 Å². The van der Waals surface area contributed by atoms with Gasteiger partial charge in [0, 0.05) is 18.5 Å². The minimum Gasteiger partial charge on any atom is -0.355 e. The first-order valence-electron chi connectivity index (χ1n) is 7.34. The molecular weight excluding hydrogens is 236 g/mol. The molecule has 1 heterocycles. The van der Waals surface area contributed by atoms with Crippen LogP contribution in [-0.2, 0) is 4.79 Å². The van der Waals surface area contributed by atoms with Crippen LogP contribution in [0.4, 0.5) is 0 Å². The van der Waals surface area contributed by atoms with Crippen LogP contribution in [0.3, 0.4) is 0 Å². The van der Waals surface area contributed by atoms with Crippen molar-refractivity contribution in [3.8, 4) is 0 Å². The van der Waals surface area contributed by atoms with Crippen molar-refractivity contribution in [3.63, 3.8) is 0 Å². The smallest absolute Gasteiger partial charge is 0.224 e. The second-order valence-electron chi connectivity index (χ2n) is 5.95. The maximum absolute atomic E-state index is 12.2. The van der Waals surface area contributed by atoms with Crippen molar-refractivity contribution in [2.45, 2.75) is 37.6 Å². The van der Waals surface area contributed by atoms with Gasteiger partial charge in [-0.05, 0) is 37.2 Å². The molecule has 0 radical (unpaired) electrons. The lowest BCUT2D eigenvalue weighted by molar-refractivity contribution is -0.125. The third-order valence-electron chi connectivity index (χ3n) is 4.59. The van der Waals surface area contributed by atoms with E-state index in [1.807, 2.05) is 6.07 Å². The second kappa shape index (κ2) is 5.33. The van der Waals surface area contributed by atoms with Gasteiger partial charge < -0.3 is 11.1 Å². The van der Waals surface area contributed by atoms with Gasteiger partial charge in [0.1, 0.15) is 0 Å². The van der Waals surface area contributed by atoms with Crippen molar-refractivity contribution in [1.82, 2.24) is 5.32 Å². The molecule has 3 atom stereocenters. The predicted molar refractivity (Wildman–Crippen MR) is 75.6 cm³/mol. The summed E-state index contributed by atoms with van der Waals surface area (Å²) >= 11 is 0. The van der Waals surface area contributed by atoms with E-state index in [-0.39, 0.29) is 17.9 Å². The summed E-state index contributed by atoms with van der Waals surface area (Å²) in [5.41, 5.74) is 7.56. The number of nitrogens with one attached hydrogen (secondary N) is 1. The third-order valence-corrected chi connectivity index (χ3v) is 4.59. The molecule has 1 amide bonds. The van der Waals surface area contributed by atoms with Gasteiger partial charge in [-0.1, -0.05) is 30.3 Å². The molecule has 2 fully saturated rings. The summed E-state index contributed by atoms with van der Waals surface area (Å²) in [6.07, 6.45) is 4.37. The van der Waals surface area contributed by atoms with Gasteiger partial charge >= 0.3 is 0 Å². The van der Waals surface area contributed by atoms with Crippen LogP contribution in [0.25, 0.3) is 0 Å². The molecule has 1 aliphatic carbocycles. The summed E-state index contributed by atoms with van der Waals surface area (Å²) < 4.78 is 0. The molecule has 0 bridgehead atoms. The highest BCUT2D eigenvalue weighted by molar-refractivity contribution is 5.79. The van der Waals surface area contributed by atoms with Crippen molar-refractivity contribution >= 4 is 5.91 Å². The number of hydrogen-bond donors (Lipinski definition) is 2. The van der Waals surface area contributed by atoms with Crippen LogP contribution in [0.5, 0.6) is 0 Å². The van der Waals surface area contributed by atoms with Crippen LogP contribution in [0.1, 0.15) is 37.2 Å². The molecule has 2 aliphatic rings. The van der Waals surface area contributed by atoms with Crippen LogP contribution in [-0.4, -0.2) is 18.5 Å². The number of carbonyl (C=O) groups excluding carboxylic acids is 1. The summed E-state index contributed by atoms with van der Waals surface area (Å²) in [5, 5.41) is 3.09. The highest BCUT2D eigenvalue weighted by Gasteiger charge is 2.38. The summed E-state index contributed by atoms with van der Waals surface area (Å²) in [6.45, 7) is 0.747. The summed E-state index contributed by atoms with van der Waals surface area (Å²) in [6, 6.07) is 10.5. The molecule has 0 spiro atoms. The van der Waals surface area contributed by atoms with Crippen LogP contribution >= 0.6 is 0 Å². The molecule has 102 valence electrons. The minimum atomic E-state index is 0.0150. The molecular formula is C16H22N2O. The van der Waals surface area contributed by atoms with Crippen molar-refractivity contribution in [1.29, 1.82) is 0 Å². The Morgan fingerprint density at radius 2 is 1.84 bits per heavy atom. The van der Waals surface area contributed by atoms with E-state index in [0.29, 0.717) is 11.8 Å². The first-order chi connectivity index (χ1) is 9.25. The molecule has 1 saturated carbocycles. The standard InChI is InChI=1S/C16H22N2O/c17-15(12-6-7-12)14-9-8-13(10-18-16(14)19)11-4-2-1-3-5-11/h1-5,12-15H,6-10,17H2,(H,18,19)/t13-,14-,15?/m1/s1. The van der Waals surface area contributed by atoms with Crippen molar-refractivity contribution in [2.75, 3.05) is 6.54 Å². The van der Waals surface area contributed by atoms with Gasteiger partial charge in [-0.25, -0.2) is 0 Å². The fraction of sp³-hybridized carbons (Fsp3) is 0.562. The van der Waals surface area contributed by atoms with E-state index in [2.05, 4.69) is 29.6 Å². The van der Waals surface area contributed by atoms with E-state index in [4.69, 9.17) is 5.73 Å². The summed E-state index contributed by atoms with van der Waals surface area (Å²) in [5.74, 6) is 1.20. The molecule has 1 aromatic carbocycles. The fourth-order valence-electron chi connectivity index (χ4n) is 3.16. The first-order valence-corrected chi connectivity index (χ1v) is 7.34. The fourth-order valence-corrected chi connectivity index (χ4v) is 3.16. The Morgan fingerprint density at radius 1 is 1.11 bits per heavy atom. The van der Waals surface area contributed by atoms with Gasteiger partial charge in [0.2, 0.25) is 5.91 Å². The van der Waals surface area contributed by atoms with E-state index in [9.17, 15) is 4.79 Å². The highest BCUT2D eigenvalue weighted by Crippen LogP contribution is 2.37. The molecule has 19 heavy (non-hydrogen) atoms. The summed E-state index contributed by atoms with van der Waals surface area (Å²) in [7, 11) is 0. The van der Waals surface area contributed by atoms with E-state index < -0.39 is 0 Å². The lowest BCUT2D eigenvalue weighted by Gasteiger charge is -2.20. The highest BCUT2D eigenvalue weighted by atomic mass is 16.1. The number of hydrogen-bond acceptors (Lipinski definition) is 2. The van der Waals surface area contributed by atoms with Gasteiger partial charge in [-0.3, -0.25) is 4.79 Å². The maximum atomic E-state index is 12.2. The zero-order valence-electron chi connectivity index (χ0n) is 11.2. The molecule has 3 rings (SSSR count). The average molecular weight is 258 g/mol. The zero-order valence-corrected chi connectivity index (χ0v) is 11.2. The molecule has 1 aromatic rings.